The molecule has 5 heteroatoms. The van der Waals surface area contributed by atoms with Crippen molar-refractivity contribution in [1.29, 1.82) is 0 Å². The summed E-state index contributed by atoms with van der Waals surface area (Å²) in [5.41, 5.74) is 0. The van der Waals surface area contributed by atoms with E-state index in [4.69, 9.17) is 16.3 Å². The summed E-state index contributed by atoms with van der Waals surface area (Å²) < 4.78 is 6.69. The van der Waals surface area contributed by atoms with E-state index >= 15 is 0 Å². The first kappa shape index (κ1) is 8.49. The molecule has 62 valence electrons. The van der Waals surface area contributed by atoms with Crippen molar-refractivity contribution in [2.75, 3.05) is 13.7 Å². The zero-order valence-corrected chi connectivity index (χ0v) is 7.30. The third-order valence-electron chi connectivity index (χ3n) is 1.41. The van der Waals surface area contributed by atoms with E-state index in [9.17, 15) is 0 Å². The van der Waals surface area contributed by atoms with Crippen LogP contribution in [0.1, 0.15) is 5.82 Å². The Morgan fingerprint density at radius 1 is 1.55 bits per heavy atom. The molecule has 1 rings (SSSR count). The van der Waals surface area contributed by atoms with Crippen LogP contribution in [0.2, 0.25) is 5.28 Å². The van der Waals surface area contributed by atoms with Gasteiger partial charge in [-0.15, -0.1) is 10.2 Å². The molecule has 0 spiro atoms. The normalized spacial score (nSPS) is 10.5. The van der Waals surface area contributed by atoms with E-state index in [2.05, 4.69) is 10.2 Å². The minimum Gasteiger partial charge on any atom is -0.383 e. The molecular formula is C6H10ClN3O. The molecule has 0 amide bonds. The zero-order valence-electron chi connectivity index (χ0n) is 6.54. The highest BCUT2D eigenvalue weighted by Gasteiger charge is 2.03. The molecule has 1 aromatic rings. The first-order chi connectivity index (χ1) is 5.25. The Bertz CT molecular complexity index is 216. The summed E-state index contributed by atoms with van der Waals surface area (Å²) >= 11 is 5.71. The Morgan fingerprint density at radius 2 is 2.27 bits per heavy atom. The highest BCUT2D eigenvalue weighted by Crippen LogP contribution is 2.06. The number of ether oxygens (including phenoxy) is 1. The lowest BCUT2D eigenvalue weighted by atomic mass is 10.6. The molecule has 0 aliphatic rings. The van der Waals surface area contributed by atoms with Crippen LogP contribution in [0, 0.1) is 6.92 Å². The van der Waals surface area contributed by atoms with E-state index in [0.29, 0.717) is 18.4 Å². The fourth-order valence-electron chi connectivity index (χ4n) is 0.792. The van der Waals surface area contributed by atoms with E-state index in [1.807, 2.05) is 6.92 Å². The number of halogens is 1. The Hall–Kier alpha value is -0.610. The second-order valence-electron chi connectivity index (χ2n) is 2.16. The van der Waals surface area contributed by atoms with Gasteiger partial charge in [-0.1, -0.05) is 0 Å². The maximum Gasteiger partial charge on any atom is 0.225 e. The Kier molecular flexibility index (Phi) is 2.84. The van der Waals surface area contributed by atoms with Gasteiger partial charge in [0.15, 0.2) is 0 Å². The molecule has 1 aromatic heterocycles. The van der Waals surface area contributed by atoms with Gasteiger partial charge in [-0.25, -0.2) is 0 Å². The van der Waals surface area contributed by atoms with Gasteiger partial charge in [-0.05, 0) is 18.5 Å². The van der Waals surface area contributed by atoms with Crippen molar-refractivity contribution in [2.45, 2.75) is 13.5 Å². The van der Waals surface area contributed by atoms with Gasteiger partial charge in [0.1, 0.15) is 5.82 Å². The quantitative estimate of drug-likeness (QED) is 0.685. The fourth-order valence-corrected chi connectivity index (χ4v) is 1.04. The van der Waals surface area contributed by atoms with Gasteiger partial charge >= 0.3 is 0 Å². The average molecular weight is 176 g/mol. The smallest absolute Gasteiger partial charge is 0.225 e. The highest BCUT2D eigenvalue weighted by molar-refractivity contribution is 6.28. The van der Waals surface area contributed by atoms with Crippen LogP contribution in [0.3, 0.4) is 0 Å². The summed E-state index contributed by atoms with van der Waals surface area (Å²) in [6.07, 6.45) is 0. The molecule has 0 N–H and O–H groups in total. The van der Waals surface area contributed by atoms with E-state index < -0.39 is 0 Å². The van der Waals surface area contributed by atoms with Gasteiger partial charge in [0.2, 0.25) is 5.28 Å². The molecule has 0 aromatic carbocycles. The molecule has 0 aliphatic carbocycles. The van der Waals surface area contributed by atoms with Crippen molar-refractivity contribution in [3.63, 3.8) is 0 Å². The van der Waals surface area contributed by atoms with Crippen LogP contribution in [0.5, 0.6) is 0 Å². The molecule has 0 saturated heterocycles. The zero-order chi connectivity index (χ0) is 8.27. The molecule has 0 bridgehead atoms. The Morgan fingerprint density at radius 3 is 2.73 bits per heavy atom. The van der Waals surface area contributed by atoms with E-state index in [-0.39, 0.29) is 0 Å². The first-order valence-corrected chi connectivity index (χ1v) is 3.67. The molecule has 1 heterocycles. The second kappa shape index (κ2) is 3.69. The maximum atomic E-state index is 5.71. The van der Waals surface area contributed by atoms with Crippen LogP contribution in [-0.4, -0.2) is 28.5 Å². The molecule has 0 unspecified atom stereocenters. The van der Waals surface area contributed by atoms with Crippen molar-refractivity contribution >= 4 is 11.6 Å². The lowest BCUT2D eigenvalue weighted by Gasteiger charge is -2.02. The molecule has 0 saturated carbocycles. The number of aryl methyl sites for hydroxylation is 1. The standard InChI is InChI=1S/C6H10ClN3O/c1-5-8-9-6(7)10(5)3-4-11-2/h3-4H2,1-2H3. The van der Waals surface area contributed by atoms with Crippen molar-refractivity contribution < 1.29 is 4.74 Å². The lowest BCUT2D eigenvalue weighted by Crippen LogP contribution is -2.05. The van der Waals surface area contributed by atoms with E-state index in [1.165, 1.54) is 0 Å². The molecule has 0 radical (unpaired) electrons. The SMILES string of the molecule is COCCn1c(C)nnc1Cl. The molecule has 0 fully saturated rings. The van der Waals surface area contributed by atoms with Gasteiger partial charge in [0, 0.05) is 7.11 Å². The van der Waals surface area contributed by atoms with Crippen LogP contribution < -0.4 is 0 Å². The van der Waals surface area contributed by atoms with Crippen molar-refractivity contribution in [2.24, 2.45) is 0 Å². The predicted octanol–water partition coefficient (Wildman–Crippen LogP) is 0.886. The fraction of sp³-hybridized carbons (Fsp3) is 0.667. The van der Waals surface area contributed by atoms with Crippen LogP contribution in [0.4, 0.5) is 0 Å². The number of hydrogen-bond acceptors (Lipinski definition) is 3. The number of methoxy groups -OCH3 is 1. The summed E-state index contributed by atoms with van der Waals surface area (Å²) in [7, 11) is 1.65. The minimum atomic E-state index is 0.416. The van der Waals surface area contributed by atoms with Crippen LogP contribution in [0.15, 0.2) is 0 Å². The molecule has 0 aliphatic heterocycles. The number of hydrogen-bond donors (Lipinski definition) is 0. The third kappa shape index (κ3) is 1.91. The van der Waals surface area contributed by atoms with Gasteiger partial charge in [0.25, 0.3) is 0 Å². The van der Waals surface area contributed by atoms with Gasteiger partial charge in [0.05, 0.1) is 13.2 Å². The Labute approximate surface area is 70.1 Å². The highest BCUT2D eigenvalue weighted by atomic mass is 35.5. The van der Waals surface area contributed by atoms with Crippen molar-refractivity contribution in [1.82, 2.24) is 14.8 Å². The van der Waals surface area contributed by atoms with Crippen LogP contribution in [0.25, 0.3) is 0 Å². The first-order valence-electron chi connectivity index (χ1n) is 3.30. The van der Waals surface area contributed by atoms with Gasteiger partial charge in [-0.3, -0.25) is 4.57 Å². The topological polar surface area (TPSA) is 39.9 Å². The number of nitrogens with zero attached hydrogens (tertiary/aromatic N) is 3. The molecule has 4 nitrogen and oxygen atoms in total. The third-order valence-corrected chi connectivity index (χ3v) is 1.69. The number of aromatic nitrogens is 3. The monoisotopic (exact) mass is 175 g/mol. The molecular weight excluding hydrogens is 166 g/mol. The molecule has 0 atom stereocenters. The molecule has 11 heavy (non-hydrogen) atoms. The summed E-state index contributed by atoms with van der Waals surface area (Å²) in [4.78, 5) is 0. The summed E-state index contributed by atoms with van der Waals surface area (Å²) in [6.45, 7) is 3.18. The average Bonchev–Trinajstić information content (AvgIpc) is 2.29. The van der Waals surface area contributed by atoms with Gasteiger partial charge < -0.3 is 4.74 Å². The summed E-state index contributed by atoms with van der Waals surface area (Å²) in [6, 6.07) is 0. The maximum absolute atomic E-state index is 5.71. The van der Waals surface area contributed by atoms with Crippen LogP contribution in [-0.2, 0) is 11.3 Å². The second-order valence-corrected chi connectivity index (χ2v) is 2.50. The van der Waals surface area contributed by atoms with Crippen LogP contribution >= 0.6 is 11.6 Å². The van der Waals surface area contributed by atoms with Crippen molar-refractivity contribution in [3.05, 3.63) is 11.1 Å². The summed E-state index contributed by atoms with van der Waals surface area (Å²) in [5.74, 6) is 0.812. The van der Waals surface area contributed by atoms with Crippen molar-refractivity contribution in [3.8, 4) is 0 Å². The minimum absolute atomic E-state index is 0.416. The lowest BCUT2D eigenvalue weighted by molar-refractivity contribution is 0.186. The summed E-state index contributed by atoms with van der Waals surface area (Å²) in [5, 5.41) is 7.90. The Balaban J connectivity index is 2.67. The number of rotatable bonds is 3. The van der Waals surface area contributed by atoms with E-state index in [1.54, 1.807) is 11.7 Å². The largest absolute Gasteiger partial charge is 0.383 e. The predicted molar refractivity (Wildman–Crippen MR) is 41.6 cm³/mol. The van der Waals surface area contributed by atoms with E-state index in [0.717, 1.165) is 5.82 Å². The van der Waals surface area contributed by atoms with Gasteiger partial charge in [-0.2, -0.15) is 0 Å².